The highest BCUT2D eigenvalue weighted by Crippen LogP contribution is 2.15. The molecule has 0 aliphatic carbocycles. The molecule has 2 aromatic carbocycles. The highest BCUT2D eigenvalue weighted by atomic mass is 32.2. The van der Waals surface area contributed by atoms with E-state index in [2.05, 4.69) is 14.8 Å². The van der Waals surface area contributed by atoms with Crippen LogP contribution in [0.1, 0.15) is 17.5 Å². The molecule has 2 aromatic rings. The van der Waals surface area contributed by atoms with Crippen LogP contribution in [0.5, 0.6) is 5.75 Å². The Balaban J connectivity index is 1.73. The molecule has 0 heterocycles. The van der Waals surface area contributed by atoms with Crippen LogP contribution in [0.3, 0.4) is 0 Å². The number of alkyl halides is 2. The summed E-state index contributed by atoms with van der Waals surface area (Å²) in [4.78, 5) is 12.1. The number of benzene rings is 2. The molecule has 0 unspecified atom stereocenters. The molecule has 2 N–H and O–H groups in total. The van der Waals surface area contributed by atoms with Gasteiger partial charge in [-0.05, 0) is 55.3 Å². The van der Waals surface area contributed by atoms with Gasteiger partial charge in [0.2, 0.25) is 15.9 Å². The number of ether oxygens (including phenoxy) is 1. The Bertz CT molecular complexity index is 870. The molecule has 0 fully saturated rings. The first-order chi connectivity index (χ1) is 13.3. The zero-order valence-corrected chi connectivity index (χ0v) is 16.1. The summed E-state index contributed by atoms with van der Waals surface area (Å²) in [6.45, 7) is -2.43. The van der Waals surface area contributed by atoms with E-state index in [1.165, 1.54) is 31.3 Å². The van der Waals surface area contributed by atoms with Crippen molar-refractivity contribution in [1.82, 2.24) is 10.0 Å². The lowest BCUT2D eigenvalue weighted by Gasteiger charge is -2.08. The molecule has 0 aromatic heterocycles. The van der Waals surface area contributed by atoms with Gasteiger partial charge in [0.25, 0.3) is 0 Å². The predicted octanol–water partition coefficient (Wildman–Crippen LogP) is 2.49. The predicted molar refractivity (Wildman–Crippen MR) is 101 cm³/mol. The molecule has 152 valence electrons. The van der Waals surface area contributed by atoms with E-state index >= 15 is 0 Å². The van der Waals surface area contributed by atoms with Crippen LogP contribution in [0, 0.1) is 0 Å². The molecule has 6 nitrogen and oxygen atoms in total. The van der Waals surface area contributed by atoms with Gasteiger partial charge in [-0.2, -0.15) is 8.78 Å². The number of amides is 1. The number of hydrogen-bond donors (Lipinski definition) is 2. The molecular weight excluding hydrogens is 390 g/mol. The van der Waals surface area contributed by atoms with Gasteiger partial charge in [-0.1, -0.05) is 24.3 Å². The van der Waals surface area contributed by atoms with Crippen LogP contribution in [0.2, 0.25) is 0 Å². The number of rotatable bonds is 10. The lowest BCUT2D eigenvalue weighted by Crippen LogP contribution is -2.25. The summed E-state index contributed by atoms with van der Waals surface area (Å²) < 4.78 is 54.0. The average molecular weight is 412 g/mol. The van der Waals surface area contributed by atoms with Crippen molar-refractivity contribution in [1.29, 1.82) is 0 Å². The molecule has 28 heavy (non-hydrogen) atoms. The Morgan fingerprint density at radius 3 is 2.14 bits per heavy atom. The first-order valence-electron chi connectivity index (χ1n) is 8.63. The largest absolute Gasteiger partial charge is 0.435 e. The average Bonchev–Trinajstić information content (AvgIpc) is 2.67. The van der Waals surface area contributed by atoms with E-state index in [0.29, 0.717) is 19.4 Å². The second-order valence-electron chi connectivity index (χ2n) is 5.97. The van der Waals surface area contributed by atoms with Gasteiger partial charge in [-0.3, -0.25) is 4.79 Å². The second kappa shape index (κ2) is 10.1. The van der Waals surface area contributed by atoms with Gasteiger partial charge in [0.15, 0.2) is 0 Å². The summed E-state index contributed by atoms with van der Waals surface area (Å²) in [7, 11) is -2.12. The fraction of sp³-hybridized carbons (Fsp3) is 0.316. The Morgan fingerprint density at radius 2 is 1.57 bits per heavy atom. The molecular formula is C19H22F2N2O4S. The molecule has 0 atom stereocenters. The van der Waals surface area contributed by atoms with E-state index < -0.39 is 16.6 Å². The fourth-order valence-electron chi connectivity index (χ4n) is 2.48. The number of hydrogen-bond acceptors (Lipinski definition) is 4. The Hall–Kier alpha value is -2.52. The lowest BCUT2D eigenvalue weighted by atomic mass is 10.1. The number of halogens is 2. The molecule has 0 radical (unpaired) electrons. The molecule has 1 amide bonds. The third-order valence-electron chi connectivity index (χ3n) is 4.03. The van der Waals surface area contributed by atoms with Crippen molar-refractivity contribution in [3.05, 3.63) is 59.7 Å². The molecule has 0 saturated heterocycles. The smallest absolute Gasteiger partial charge is 0.387 e. The normalized spacial score (nSPS) is 11.4. The van der Waals surface area contributed by atoms with Crippen molar-refractivity contribution in [2.24, 2.45) is 0 Å². The van der Waals surface area contributed by atoms with Crippen molar-refractivity contribution >= 4 is 15.9 Å². The van der Waals surface area contributed by atoms with Gasteiger partial charge in [0.1, 0.15) is 5.75 Å². The van der Waals surface area contributed by atoms with Gasteiger partial charge in [-0.15, -0.1) is 0 Å². The van der Waals surface area contributed by atoms with E-state index in [-0.39, 0.29) is 23.0 Å². The van der Waals surface area contributed by atoms with Crippen molar-refractivity contribution in [3.8, 4) is 5.75 Å². The minimum atomic E-state index is -3.47. The maximum Gasteiger partial charge on any atom is 0.387 e. The third kappa shape index (κ3) is 6.90. The van der Waals surface area contributed by atoms with Crippen molar-refractivity contribution in [3.63, 3.8) is 0 Å². The monoisotopic (exact) mass is 412 g/mol. The minimum Gasteiger partial charge on any atom is -0.435 e. The van der Waals surface area contributed by atoms with E-state index in [9.17, 15) is 22.0 Å². The first-order valence-corrected chi connectivity index (χ1v) is 10.1. The Labute approximate surface area is 163 Å². The minimum absolute atomic E-state index is 0.0938. The van der Waals surface area contributed by atoms with E-state index in [1.54, 1.807) is 24.3 Å². The molecule has 0 saturated carbocycles. The van der Waals surface area contributed by atoms with Crippen LogP contribution in [0.25, 0.3) is 0 Å². The van der Waals surface area contributed by atoms with Crippen LogP contribution >= 0.6 is 0 Å². The summed E-state index contributed by atoms with van der Waals surface area (Å²) >= 11 is 0. The lowest BCUT2D eigenvalue weighted by molar-refractivity contribution is -0.121. The van der Waals surface area contributed by atoms with Crippen LogP contribution in [-0.4, -0.2) is 34.5 Å². The van der Waals surface area contributed by atoms with Crippen LogP contribution in [0.15, 0.2) is 53.4 Å². The van der Waals surface area contributed by atoms with E-state index in [1.807, 2.05) is 0 Å². The number of carbonyl (C=O) groups excluding carboxylic acids is 1. The molecule has 0 aliphatic heterocycles. The van der Waals surface area contributed by atoms with E-state index in [4.69, 9.17) is 0 Å². The topological polar surface area (TPSA) is 84.5 Å². The van der Waals surface area contributed by atoms with Gasteiger partial charge < -0.3 is 10.1 Å². The van der Waals surface area contributed by atoms with Crippen molar-refractivity contribution < 1.29 is 26.7 Å². The summed E-state index contributed by atoms with van der Waals surface area (Å²) in [6.07, 6.45) is 1.34. The molecule has 2 rings (SSSR count). The molecule has 0 aliphatic rings. The van der Waals surface area contributed by atoms with E-state index in [0.717, 1.165) is 11.1 Å². The zero-order valence-electron chi connectivity index (χ0n) is 15.3. The second-order valence-corrected chi connectivity index (χ2v) is 7.86. The standard InChI is InChI=1S/C19H22F2N2O4S/c1-22-28(25,26)17-9-4-14(5-10-17)6-11-18(24)23-13-12-15-2-7-16(8-3-15)27-19(20)21/h2-5,7-10,19,22H,6,11-13H2,1H3,(H,23,24). The Morgan fingerprint density at radius 1 is 1.00 bits per heavy atom. The summed E-state index contributed by atoms with van der Waals surface area (Å²) in [5.41, 5.74) is 1.75. The van der Waals surface area contributed by atoms with Gasteiger partial charge in [0, 0.05) is 13.0 Å². The first kappa shape index (κ1) is 21.8. The van der Waals surface area contributed by atoms with Gasteiger partial charge in [-0.25, -0.2) is 13.1 Å². The molecule has 9 heteroatoms. The molecule has 0 bridgehead atoms. The fourth-order valence-corrected chi connectivity index (χ4v) is 3.21. The maximum absolute atomic E-state index is 12.1. The van der Waals surface area contributed by atoms with Crippen LogP contribution in [0.4, 0.5) is 8.78 Å². The SMILES string of the molecule is CNS(=O)(=O)c1ccc(CCC(=O)NCCc2ccc(OC(F)F)cc2)cc1. The highest BCUT2D eigenvalue weighted by Gasteiger charge is 2.11. The number of carbonyl (C=O) groups is 1. The summed E-state index contributed by atoms with van der Waals surface area (Å²) in [5.74, 6) is -0.0269. The summed E-state index contributed by atoms with van der Waals surface area (Å²) in [5, 5.41) is 2.80. The zero-order chi connectivity index (χ0) is 20.6. The number of sulfonamides is 1. The Kier molecular flexibility index (Phi) is 7.89. The summed E-state index contributed by atoms with van der Waals surface area (Å²) in [6, 6.07) is 12.6. The third-order valence-corrected chi connectivity index (χ3v) is 5.46. The number of aryl methyl sites for hydroxylation is 1. The number of nitrogens with one attached hydrogen (secondary N) is 2. The quantitative estimate of drug-likeness (QED) is 0.628. The molecule has 0 spiro atoms. The van der Waals surface area contributed by atoms with Gasteiger partial charge >= 0.3 is 6.61 Å². The van der Waals surface area contributed by atoms with Crippen LogP contribution in [-0.2, 0) is 27.7 Å². The van der Waals surface area contributed by atoms with Crippen molar-refractivity contribution in [2.45, 2.75) is 30.8 Å². The van der Waals surface area contributed by atoms with Crippen LogP contribution < -0.4 is 14.8 Å². The van der Waals surface area contributed by atoms with Crippen molar-refractivity contribution in [2.75, 3.05) is 13.6 Å². The maximum atomic E-state index is 12.1. The van der Waals surface area contributed by atoms with Gasteiger partial charge in [0.05, 0.1) is 4.90 Å². The highest BCUT2D eigenvalue weighted by molar-refractivity contribution is 7.89.